The summed E-state index contributed by atoms with van der Waals surface area (Å²) < 4.78 is 3.96. The van der Waals surface area contributed by atoms with Crippen LogP contribution in [-0.4, -0.2) is 42.5 Å². The maximum absolute atomic E-state index is 12.3. The lowest BCUT2D eigenvalue weighted by Gasteiger charge is -2.16. The van der Waals surface area contributed by atoms with Crippen LogP contribution in [0, 0.1) is 5.92 Å². The summed E-state index contributed by atoms with van der Waals surface area (Å²) in [6, 6.07) is 9.73. The third-order valence-electron chi connectivity index (χ3n) is 5.31. The minimum atomic E-state index is -0.480. The number of para-hydroxylation sites is 2. The van der Waals surface area contributed by atoms with Crippen LogP contribution in [0.4, 0.5) is 0 Å². The van der Waals surface area contributed by atoms with Gasteiger partial charge < -0.3 is 15.0 Å². The zero-order valence-corrected chi connectivity index (χ0v) is 15.2. The van der Waals surface area contributed by atoms with Crippen molar-refractivity contribution >= 4 is 16.9 Å². The van der Waals surface area contributed by atoms with Gasteiger partial charge >= 0.3 is 0 Å². The molecule has 3 aromatic rings. The maximum Gasteiger partial charge on any atom is 0.220 e. The summed E-state index contributed by atoms with van der Waals surface area (Å²) in [6.45, 7) is 1.53. The first kappa shape index (κ1) is 17.7. The molecular formula is C20H25N5O2. The van der Waals surface area contributed by atoms with Crippen molar-refractivity contribution in [3.8, 4) is 0 Å². The van der Waals surface area contributed by atoms with Gasteiger partial charge in [0.25, 0.3) is 0 Å². The number of carbonyl (C=O) groups is 1. The molecule has 3 atom stereocenters. The first-order valence-electron chi connectivity index (χ1n) is 9.54. The van der Waals surface area contributed by atoms with E-state index in [4.69, 9.17) is 0 Å². The van der Waals surface area contributed by atoms with Gasteiger partial charge in [-0.15, -0.1) is 0 Å². The number of aryl methyl sites for hydroxylation is 1. The van der Waals surface area contributed by atoms with E-state index in [1.54, 1.807) is 6.20 Å². The fourth-order valence-electron chi connectivity index (χ4n) is 3.97. The van der Waals surface area contributed by atoms with Gasteiger partial charge in [0.2, 0.25) is 5.91 Å². The number of benzene rings is 1. The normalized spacial score (nSPS) is 22.3. The number of aliphatic hydroxyl groups is 1. The van der Waals surface area contributed by atoms with Gasteiger partial charge in [0.1, 0.15) is 0 Å². The Morgan fingerprint density at radius 3 is 3.00 bits per heavy atom. The number of nitrogens with one attached hydrogen (secondary N) is 1. The van der Waals surface area contributed by atoms with Crippen molar-refractivity contribution in [3.63, 3.8) is 0 Å². The molecule has 1 fully saturated rings. The summed E-state index contributed by atoms with van der Waals surface area (Å²) in [5.41, 5.74) is 2.06. The number of imidazole rings is 1. The summed E-state index contributed by atoms with van der Waals surface area (Å²) in [7, 11) is 0. The van der Waals surface area contributed by atoms with Gasteiger partial charge in [-0.1, -0.05) is 12.1 Å². The molecular weight excluding hydrogens is 342 g/mol. The van der Waals surface area contributed by atoms with Crippen LogP contribution in [0.25, 0.3) is 11.0 Å². The molecule has 0 spiro atoms. The van der Waals surface area contributed by atoms with Crippen LogP contribution >= 0.6 is 0 Å². The van der Waals surface area contributed by atoms with Gasteiger partial charge in [-0.3, -0.25) is 9.48 Å². The second-order valence-electron chi connectivity index (χ2n) is 7.34. The predicted octanol–water partition coefficient (Wildman–Crippen LogP) is 1.97. The highest BCUT2D eigenvalue weighted by Gasteiger charge is 2.34. The number of fused-ring (bicyclic) bond motifs is 1. The third kappa shape index (κ3) is 4.19. The molecule has 1 aromatic carbocycles. The highest BCUT2D eigenvalue weighted by Crippen LogP contribution is 2.27. The van der Waals surface area contributed by atoms with Crippen molar-refractivity contribution in [2.75, 3.05) is 0 Å². The number of hydrogen-bond donors (Lipinski definition) is 2. The van der Waals surface area contributed by atoms with Gasteiger partial charge in [-0.05, 0) is 43.4 Å². The van der Waals surface area contributed by atoms with E-state index in [1.807, 2.05) is 47.5 Å². The maximum atomic E-state index is 12.3. The molecule has 1 saturated carbocycles. The average Bonchev–Trinajstić information content (AvgIpc) is 3.38. The van der Waals surface area contributed by atoms with E-state index in [2.05, 4.69) is 20.0 Å². The Labute approximate surface area is 158 Å². The van der Waals surface area contributed by atoms with E-state index in [1.165, 1.54) is 0 Å². The van der Waals surface area contributed by atoms with Crippen molar-refractivity contribution in [3.05, 3.63) is 49.1 Å². The summed E-state index contributed by atoms with van der Waals surface area (Å²) in [6.07, 6.45) is 7.71. The van der Waals surface area contributed by atoms with E-state index in [-0.39, 0.29) is 11.9 Å². The number of carbonyl (C=O) groups excluding carboxylic acids is 1. The number of nitrogens with zero attached hydrogens (tertiary/aromatic N) is 4. The minimum absolute atomic E-state index is 0.00297. The van der Waals surface area contributed by atoms with Gasteiger partial charge in [-0.25, -0.2) is 4.98 Å². The van der Waals surface area contributed by atoms with Crippen LogP contribution in [0.1, 0.15) is 25.7 Å². The van der Waals surface area contributed by atoms with Crippen LogP contribution in [0.5, 0.6) is 0 Å². The Kier molecular flexibility index (Phi) is 5.20. The van der Waals surface area contributed by atoms with Crippen LogP contribution in [-0.2, 0) is 17.9 Å². The third-order valence-corrected chi connectivity index (χ3v) is 5.31. The zero-order valence-electron chi connectivity index (χ0n) is 15.2. The predicted molar refractivity (Wildman–Crippen MR) is 102 cm³/mol. The van der Waals surface area contributed by atoms with Crippen molar-refractivity contribution in [2.45, 2.75) is 50.9 Å². The Bertz CT molecular complexity index is 889. The summed E-state index contributed by atoms with van der Waals surface area (Å²) in [4.78, 5) is 16.7. The average molecular weight is 367 g/mol. The molecule has 142 valence electrons. The quantitative estimate of drug-likeness (QED) is 0.669. The number of hydrogen-bond acceptors (Lipinski definition) is 4. The second-order valence-corrected chi connectivity index (χ2v) is 7.34. The molecule has 4 rings (SSSR count). The van der Waals surface area contributed by atoms with E-state index in [0.717, 1.165) is 37.0 Å². The molecule has 0 saturated heterocycles. The molecule has 0 aliphatic heterocycles. The molecule has 1 aliphatic rings. The number of aromatic nitrogens is 4. The van der Waals surface area contributed by atoms with Gasteiger partial charge in [0.05, 0.1) is 29.5 Å². The van der Waals surface area contributed by atoms with Crippen molar-refractivity contribution in [1.82, 2.24) is 24.6 Å². The fraction of sp³-hybridized carbons (Fsp3) is 0.450. The molecule has 1 unspecified atom stereocenters. The first-order chi connectivity index (χ1) is 13.2. The summed E-state index contributed by atoms with van der Waals surface area (Å²) in [5, 5.41) is 17.5. The number of amides is 1. The molecule has 7 nitrogen and oxygen atoms in total. The molecule has 2 heterocycles. The molecule has 0 bridgehead atoms. The van der Waals surface area contributed by atoms with Crippen LogP contribution < -0.4 is 5.32 Å². The molecule has 2 aromatic heterocycles. The van der Waals surface area contributed by atoms with E-state index in [9.17, 15) is 9.90 Å². The van der Waals surface area contributed by atoms with Crippen molar-refractivity contribution in [1.29, 1.82) is 0 Å². The smallest absolute Gasteiger partial charge is 0.220 e. The molecule has 7 heteroatoms. The van der Waals surface area contributed by atoms with Crippen LogP contribution in [0.3, 0.4) is 0 Å². The highest BCUT2D eigenvalue weighted by atomic mass is 16.3. The van der Waals surface area contributed by atoms with E-state index in [0.29, 0.717) is 18.8 Å². The Hall–Kier alpha value is -2.67. The topological polar surface area (TPSA) is 85.0 Å². The lowest BCUT2D eigenvalue weighted by molar-refractivity contribution is -0.122. The fourth-order valence-corrected chi connectivity index (χ4v) is 3.97. The second kappa shape index (κ2) is 7.92. The molecule has 1 aliphatic carbocycles. The largest absolute Gasteiger partial charge is 0.391 e. The van der Waals surface area contributed by atoms with Crippen molar-refractivity contribution < 1.29 is 9.90 Å². The van der Waals surface area contributed by atoms with Gasteiger partial charge in [0.15, 0.2) is 0 Å². The number of rotatable bonds is 7. The van der Waals surface area contributed by atoms with Gasteiger partial charge in [0, 0.05) is 31.9 Å². The van der Waals surface area contributed by atoms with Crippen LogP contribution in [0.2, 0.25) is 0 Å². The SMILES string of the molecule is O=C(CCCn1cnc2ccccc21)N[C@@H]1CC(Cn2cccn2)C[C@H]1O. The summed E-state index contributed by atoms with van der Waals surface area (Å²) >= 11 is 0. The van der Waals surface area contributed by atoms with Crippen LogP contribution in [0.15, 0.2) is 49.1 Å². The Balaban J connectivity index is 1.23. The zero-order chi connectivity index (χ0) is 18.6. The monoisotopic (exact) mass is 367 g/mol. The molecule has 2 N–H and O–H groups in total. The highest BCUT2D eigenvalue weighted by molar-refractivity contribution is 5.76. The van der Waals surface area contributed by atoms with Crippen molar-refractivity contribution in [2.24, 2.45) is 5.92 Å². The van der Waals surface area contributed by atoms with E-state index < -0.39 is 6.10 Å². The van der Waals surface area contributed by atoms with E-state index >= 15 is 0 Å². The minimum Gasteiger partial charge on any atom is -0.391 e. The summed E-state index contributed by atoms with van der Waals surface area (Å²) in [5.74, 6) is 0.339. The molecule has 27 heavy (non-hydrogen) atoms. The standard InChI is InChI=1S/C20H25N5O2/c26-19-12-15(13-25-10-4-8-22-25)11-17(19)23-20(27)7-3-9-24-14-21-16-5-1-2-6-18(16)24/h1-2,4-6,8,10,14-15,17,19,26H,3,7,9,11-13H2,(H,23,27)/t15?,17-,19-/m1/s1. The Morgan fingerprint density at radius 2 is 2.15 bits per heavy atom. The molecule has 0 radical (unpaired) electrons. The molecule has 1 amide bonds. The first-order valence-corrected chi connectivity index (χ1v) is 9.54. The Morgan fingerprint density at radius 1 is 1.26 bits per heavy atom. The lowest BCUT2D eigenvalue weighted by Crippen LogP contribution is -2.39. The number of aliphatic hydroxyl groups excluding tert-OH is 1. The lowest BCUT2D eigenvalue weighted by atomic mass is 10.1. The van der Waals surface area contributed by atoms with Gasteiger partial charge in [-0.2, -0.15) is 5.10 Å².